The molecule has 2 aromatic heterocycles. The number of pyridine rings is 1. The summed E-state index contributed by atoms with van der Waals surface area (Å²) in [5.74, 6) is -7.51. The molecule has 2 atom stereocenters. The molecule has 1 aliphatic carbocycles. The first kappa shape index (κ1) is 29.8. The Hall–Kier alpha value is -3.14. The van der Waals surface area contributed by atoms with Gasteiger partial charge in [-0.25, -0.2) is 22.5 Å². The molecular formula is C24H20BrF7N6OS. The number of amides is 1. The number of anilines is 1. The molecule has 3 N–H and O–H groups in total. The molecule has 1 amide bonds. The van der Waals surface area contributed by atoms with E-state index in [1.165, 1.54) is 13.0 Å². The van der Waals surface area contributed by atoms with Gasteiger partial charge in [0, 0.05) is 28.2 Å². The van der Waals surface area contributed by atoms with Gasteiger partial charge in [0.15, 0.2) is 12.3 Å². The quantitative estimate of drug-likeness (QED) is 0.131. The molecule has 7 nitrogen and oxygen atoms in total. The van der Waals surface area contributed by atoms with Crippen LogP contribution in [0.1, 0.15) is 53.3 Å². The second-order valence-electron chi connectivity index (χ2n) is 9.11. The lowest BCUT2D eigenvalue weighted by atomic mass is 10.0. The van der Waals surface area contributed by atoms with Gasteiger partial charge in [-0.15, -0.1) is 3.89 Å². The number of aromatic nitrogens is 3. The van der Waals surface area contributed by atoms with Crippen LogP contribution in [-0.2, 0) is 30.1 Å². The van der Waals surface area contributed by atoms with E-state index in [1.807, 2.05) is 0 Å². The zero-order valence-corrected chi connectivity index (χ0v) is 22.8. The summed E-state index contributed by atoms with van der Waals surface area (Å²) in [6.45, 7) is 0.344. The van der Waals surface area contributed by atoms with E-state index in [0.717, 1.165) is 18.3 Å². The largest absolute Gasteiger partial charge is 0.346 e. The Balaban J connectivity index is 1.71. The maximum absolute atomic E-state index is 14.9. The molecule has 2 heterocycles. The Morgan fingerprint density at radius 1 is 1.25 bits per heavy atom. The minimum absolute atomic E-state index is 0.0480. The van der Waals surface area contributed by atoms with Crippen LogP contribution < -0.4 is 10.0 Å². The van der Waals surface area contributed by atoms with Gasteiger partial charge in [0.1, 0.15) is 35.3 Å². The van der Waals surface area contributed by atoms with Gasteiger partial charge in [-0.1, -0.05) is 6.92 Å². The molecule has 214 valence electrons. The molecule has 1 aliphatic rings. The molecule has 3 aromatic rings. The summed E-state index contributed by atoms with van der Waals surface area (Å²) in [7, 11) is 0. The number of nitrogens with one attached hydrogen (secondary N) is 3. The second-order valence-corrected chi connectivity index (χ2v) is 10.3. The van der Waals surface area contributed by atoms with Crippen molar-refractivity contribution in [2.75, 3.05) is 4.72 Å². The predicted octanol–water partition coefficient (Wildman–Crippen LogP) is 6.58. The van der Waals surface area contributed by atoms with Crippen molar-refractivity contribution in [3.63, 3.8) is 0 Å². The molecule has 0 fully saturated rings. The topological polar surface area (TPSA) is 95.7 Å². The molecule has 0 spiro atoms. The van der Waals surface area contributed by atoms with Gasteiger partial charge >= 0.3 is 0 Å². The fourth-order valence-corrected chi connectivity index (χ4v) is 5.44. The monoisotopic (exact) mass is 652 g/mol. The number of halogens is 8. The number of nitrogens with zero attached hydrogens (tertiary/aromatic N) is 3. The molecular weight excluding hydrogens is 633 g/mol. The summed E-state index contributed by atoms with van der Waals surface area (Å²) in [4.78, 5) is 17.4. The maximum Gasteiger partial charge on any atom is 0.292 e. The highest BCUT2D eigenvalue weighted by Gasteiger charge is 2.51. The number of carbonyl (C=O) groups excluding carboxylic acids is 1. The molecule has 1 aromatic carbocycles. The first-order chi connectivity index (χ1) is 18.8. The first-order valence-corrected chi connectivity index (χ1v) is 13.1. The van der Waals surface area contributed by atoms with Crippen LogP contribution in [0.3, 0.4) is 0 Å². The lowest BCUT2D eigenvalue weighted by Gasteiger charge is -2.22. The first-order valence-electron chi connectivity index (χ1n) is 11.6. The van der Waals surface area contributed by atoms with E-state index < -0.39 is 59.8 Å². The number of hydrogen-bond donors (Lipinski definition) is 3. The smallest absolute Gasteiger partial charge is 0.292 e. The van der Waals surface area contributed by atoms with Crippen molar-refractivity contribution in [2.45, 2.75) is 44.7 Å². The number of hydrogen-bond acceptors (Lipinski definition) is 6. The van der Waals surface area contributed by atoms with E-state index >= 15 is 0 Å². The summed E-state index contributed by atoms with van der Waals surface area (Å²) < 4.78 is 100. The third-order valence-electron chi connectivity index (χ3n) is 6.37. The minimum Gasteiger partial charge on any atom is -0.346 e. The highest BCUT2D eigenvalue weighted by molar-refractivity contribution is 9.10. The zero-order valence-electron chi connectivity index (χ0n) is 20.4. The number of fused-ring (bicyclic) bond motifs is 1. The van der Waals surface area contributed by atoms with Crippen LogP contribution in [0.4, 0.5) is 35.9 Å². The Morgan fingerprint density at radius 3 is 2.52 bits per heavy atom. The molecule has 16 heteroatoms. The van der Waals surface area contributed by atoms with Crippen molar-refractivity contribution >= 4 is 46.1 Å². The Morgan fingerprint density at radius 2 is 1.93 bits per heavy atom. The number of alkyl halides is 4. The Bertz CT molecular complexity index is 1430. The standard InChI is InChI=1S/C24H20BrF7N6OS/c1-10-2-14-20(23(28)29)36-38(22(14)24(10,30)31)9-19(39)34-17(5-11-3-12(26)6-13(27)4-11)21-15(25)7-16(37-40-32)18(8-33)35-21/h3-4,6-8,10,17,23,33,37H,2,5,9H2,1H3,(H,34,39). The fourth-order valence-electron chi connectivity index (χ4n) is 4.60. The van der Waals surface area contributed by atoms with Gasteiger partial charge in [0.25, 0.3) is 12.3 Å². The molecule has 0 aliphatic heterocycles. The minimum atomic E-state index is -3.51. The molecule has 0 bridgehead atoms. The number of carbonyl (C=O) groups is 1. The van der Waals surface area contributed by atoms with E-state index in [4.69, 9.17) is 5.41 Å². The van der Waals surface area contributed by atoms with Crippen molar-refractivity contribution in [1.29, 1.82) is 5.41 Å². The predicted molar refractivity (Wildman–Crippen MR) is 137 cm³/mol. The van der Waals surface area contributed by atoms with Gasteiger partial charge in [-0.05, 0) is 52.5 Å². The van der Waals surface area contributed by atoms with Crippen molar-refractivity contribution in [3.05, 3.63) is 74.3 Å². The van der Waals surface area contributed by atoms with E-state index in [9.17, 15) is 35.0 Å². The van der Waals surface area contributed by atoms with Gasteiger partial charge in [-0.3, -0.25) is 9.48 Å². The normalized spacial score (nSPS) is 16.6. The number of benzene rings is 1. The van der Waals surface area contributed by atoms with Crippen LogP contribution in [0, 0.1) is 23.0 Å². The van der Waals surface area contributed by atoms with Crippen LogP contribution >= 0.6 is 28.3 Å². The highest BCUT2D eigenvalue weighted by Crippen LogP contribution is 2.48. The third kappa shape index (κ3) is 5.96. The summed E-state index contributed by atoms with van der Waals surface area (Å²) in [6.07, 6.45) is -2.92. The summed E-state index contributed by atoms with van der Waals surface area (Å²) >= 11 is 3.00. The Labute approximate surface area is 236 Å². The Kier molecular flexibility index (Phi) is 8.77. The average Bonchev–Trinajstić information content (AvgIpc) is 3.32. The van der Waals surface area contributed by atoms with Crippen molar-refractivity contribution in [1.82, 2.24) is 20.1 Å². The van der Waals surface area contributed by atoms with Crippen molar-refractivity contribution in [3.8, 4) is 0 Å². The van der Waals surface area contributed by atoms with Crippen LogP contribution in [0.15, 0.2) is 28.7 Å². The molecule has 0 saturated carbocycles. The van der Waals surface area contributed by atoms with Crippen molar-refractivity contribution < 1.29 is 35.0 Å². The SMILES string of the molecule is CC1Cc2c(C(F)F)nn(CC(=O)NC(Cc3cc(F)cc(F)c3)c3nc(C=N)c(NSF)cc3Br)c2C1(F)F. The van der Waals surface area contributed by atoms with Crippen molar-refractivity contribution in [2.24, 2.45) is 5.92 Å². The van der Waals surface area contributed by atoms with Gasteiger partial charge in [0.2, 0.25) is 5.91 Å². The summed E-state index contributed by atoms with van der Waals surface area (Å²) in [5.41, 5.74) is -1.69. The molecule has 0 radical (unpaired) electrons. The van der Waals surface area contributed by atoms with E-state index in [1.54, 1.807) is 0 Å². The van der Waals surface area contributed by atoms with Crippen LogP contribution in [0.25, 0.3) is 0 Å². The van der Waals surface area contributed by atoms with Gasteiger partial charge in [-0.2, -0.15) is 13.9 Å². The van der Waals surface area contributed by atoms with Gasteiger partial charge < -0.3 is 15.4 Å². The fraction of sp³-hybridized carbons (Fsp3) is 0.333. The number of rotatable bonds is 10. The second kappa shape index (κ2) is 11.8. The maximum atomic E-state index is 14.9. The summed E-state index contributed by atoms with van der Waals surface area (Å²) in [5, 5.41) is 13.7. The van der Waals surface area contributed by atoms with Crippen LogP contribution in [0.5, 0.6) is 0 Å². The lowest BCUT2D eigenvalue weighted by Crippen LogP contribution is -2.35. The van der Waals surface area contributed by atoms with Gasteiger partial charge in [0.05, 0.1) is 17.4 Å². The van der Waals surface area contributed by atoms with Crippen LogP contribution in [-0.4, -0.2) is 26.9 Å². The molecule has 0 saturated heterocycles. The molecule has 4 rings (SSSR count). The molecule has 2 unspecified atom stereocenters. The lowest BCUT2D eigenvalue weighted by molar-refractivity contribution is -0.123. The highest BCUT2D eigenvalue weighted by atomic mass is 79.9. The van der Waals surface area contributed by atoms with E-state index in [0.29, 0.717) is 10.7 Å². The zero-order chi connectivity index (χ0) is 29.4. The average molecular weight is 653 g/mol. The molecule has 40 heavy (non-hydrogen) atoms. The summed E-state index contributed by atoms with van der Waals surface area (Å²) in [6, 6.07) is 2.87. The van der Waals surface area contributed by atoms with Crippen LogP contribution in [0.2, 0.25) is 0 Å². The third-order valence-corrected chi connectivity index (χ3v) is 7.30. The van der Waals surface area contributed by atoms with E-state index in [2.05, 4.69) is 36.1 Å². The van der Waals surface area contributed by atoms with E-state index in [-0.39, 0.29) is 57.9 Å².